The van der Waals surface area contributed by atoms with E-state index in [0.717, 1.165) is 5.56 Å². The second-order valence-corrected chi connectivity index (χ2v) is 6.38. The Bertz CT molecular complexity index is 669. The third-order valence-corrected chi connectivity index (χ3v) is 4.98. The van der Waals surface area contributed by atoms with Gasteiger partial charge in [0.15, 0.2) is 0 Å². The lowest BCUT2D eigenvalue weighted by atomic mass is 10.2. The Morgan fingerprint density at radius 1 is 1.00 bits per heavy atom. The monoisotopic (exact) mass is 290 g/mol. The van der Waals surface area contributed by atoms with Crippen molar-refractivity contribution >= 4 is 15.7 Å². The SMILES string of the molecule is CNCc1ccccc1S(=O)(=O)N(C)c1ccccc1. The zero-order valence-corrected chi connectivity index (χ0v) is 12.4. The quantitative estimate of drug-likeness (QED) is 0.918. The van der Waals surface area contributed by atoms with Crippen LogP contribution in [0.25, 0.3) is 0 Å². The van der Waals surface area contributed by atoms with Gasteiger partial charge in [-0.15, -0.1) is 0 Å². The van der Waals surface area contributed by atoms with Crippen LogP contribution in [0.15, 0.2) is 59.5 Å². The lowest BCUT2D eigenvalue weighted by Gasteiger charge is -2.21. The van der Waals surface area contributed by atoms with Gasteiger partial charge >= 0.3 is 0 Å². The summed E-state index contributed by atoms with van der Waals surface area (Å²) in [6, 6.07) is 16.1. The largest absolute Gasteiger partial charge is 0.316 e. The number of para-hydroxylation sites is 1. The molecule has 1 N–H and O–H groups in total. The average Bonchev–Trinajstić information content (AvgIpc) is 2.48. The van der Waals surface area contributed by atoms with Gasteiger partial charge in [0, 0.05) is 13.6 Å². The second kappa shape index (κ2) is 6.07. The maximum absolute atomic E-state index is 12.7. The second-order valence-electron chi connectivity index (χ2n) is 4.45. The van der Waals surface area contributed by atoms with E-state index in [1.807, 2.05) is 30.3 Å². The Morgan fingerprint density at radius 2 is 1.60 bits per heavy atom. The van der Waals surface area contributed by atoms with Crippen LogP contribution in [-0.4, -0.2) is 22.5 Å². The summed E-state index contributed by atoms with van der Waals surface area (Å²) in [5.74, 6) is 0. The number of nitrogens with zero attached hydrogens (tertiary/aromatic N) is 1. The number of anilines is 1. The molecule has 0 aromatic heterocycles. The van der Waals surface area contributed by atoms with Gasteiger partial charge in [-0.05, 0) is 30.8 Å². The molecule has 0 saturated carbocycles. The summed E-state index contributed by atoms with van der Waals surface area (Å²) in [5, 5.41) is 2.99. The van der Waals surface area contributed by atoms with Gasteiger partial charge in [-0.3, -0.25) is 4.31 Å². The third-order valence-electron chi connectivity index (χ3n) is 3.10. The molecule has 0 spiro atoms. The minimum absolute atomic E-state index is 0.334. The number of nitrogens with one attached hydrogen (secondary N) is 1. The van der Waals surface area contributed by atoms with Crippen LogP contribution >= 0.6 is 0 Å². The molecule has 2 rings (SSSR count). The molecule has 5 heteroatoms. The molecule has 0 unspecified atom stereocenters. The van der Waals surface area contributed by atoms with Crippen LogP contribution in [0.4, 0.5) is 5.69 Å². The van der Waals surface area contributed by atoms with E-state index in [1.54, 1.807) is 38.4 Å². The molecule has 20 heavy (non-hydrogen) atoms. The molecule has 0 saturated heterocycles. The summed E-state index contributed by atoms with van der Waals surface area (Å²) in [4.78, 5) is 0.334. The summed E-state index contributed by atoms with van der Waals surface area (Å²) in [5.41, 5.74) is 1.41. The van der Waals surface area contributed by atoms with Crippen molar-refractivity contribution in [2.75, 3.05) is 18.4 Å². The minimum Gasteiger partial charge on any atom is -0.316 e. The van der Waals surface area contributed by atoms with E-state index in [4.69, 9.17) is 0 Å². The molecule has 0 aliphatic heterocycles. The van der Waals surface area contributed by atoms with E-state index in [0.29, 0.717) is 17.1 Å². The van der Waals surface area contributed by atoms with Crippen molar-refractivity contribution in [3.8, 4) is 0 Å². The summed E-state index contributed by atoms with van der Waals surface area (Å²) < 4.78 is 26.8. The Labute approximate surface area is 120 Å². The third kappa shape index (κ3) is 2.84. The molecule has 2 aromatic rings. The summed E-state index contributed by atoms with van der Waals surface area (Å²) in [7, 11) is -0.185. The highest BCUT2D eigenvalue weighted by molar-refractivity contribution is 7.92. The van der Waals surface area contributed by atoms with E-state index in [-0.39, 0.29) is 0 Å². The van der Waals surface area contributed by atoms with Gasteiger partial charge in [-0.1, -0.05) is 36.4 Å². The molecule has 2 aromatic carbocycles. The minimum atomic E-state index is -3.55. The van der Waals surface area contributed by atoms with E-state index in [2.05, 4.69) is 5.32 Å². The maximum atomic E-state index is 12.7. The summed E-state index contributed by atoms with van der Waals surface area (Å²) in [6.45, 7) is 0.512. The fourth-order valence-electron chi connectivity index (χ4n) is 2.02. The highest BCUT2D eigenvalue weighted by atomic mass is 32.2. The molecule has 0 aliphatic rings. The fourth-order valence-corrected chi connectivity index (χ4v) is 3.43. The van der Waals surface area contributed by atoms with Gasteiger partial charge in [-0.25, -0.2) is 8.42 Å². The first-order valence-electron chi connectivity index (χ1n) is 6.34. The van der Waals surface area contributed by atoms with Gasteiger partial charge in [0.2, 0.25) is 0 Å². The summed E-state index contributed by atoms with van der Waals surface area (Å²) in [6.07, 6.45) is 0. The Balaban J connectivity index is 2.45. The van der Waals surface area contributed by atoms with Crippen LogP contribution in [0.1, 0.15) is 5.56 Å². The van der Waals surface area contributed by atoms with Crippen molar-refractivity contribution in [1.82, 2.24) is 5.32 Å². The molecule has 0 amide bonds. The van der Waals surface area contributed by atoms with Crippen molar-refractivity contribution < 1.29 is 8.42 Å². The lowest BCUT2D eigenvalue weighted by Crippen LogP contribution is -2.28. The zero-order chi connectivity index (χ0) is 14.6. The molecular weight excluding hydrogens is 272 g/mol. The highest BCUT2D eigenvalue weighted by Gasteiger charge is 2.23. The van der Waals surface area contributed by atoms with Crippen LogP contribution in [0.2, 0.25) is 0 Å². The molecule has 106 valence electrons. The number of sulfonamides is 1. The van der Waals surface area contributed by atoms with E-state index >= 15 is 0 Å². The van der Waals surface area contributed by atoms with E-state index in [1.165, 1.54) is 4.31 Å². The van der Waals surface area contributed by atoms with Crippen molar-refractivity contribution in [1.29, 1.82) is 0 Å². The van der Waals surface area contributed by atoms with Gasteiger partial charge < -0.3 is 5.32 Å². The Hall–Kier alpha value is -1.85. The van der Waals surface area contributed by atoms with Gasteiger partial charge in [0.1, 0.15) is 0 Å². The molecule has 0 aliphatic carbocycles. The van der Waals surface area contributed by atoms with Gasteiger partial charge in [0.25, 0.3) is 10.0 Å². The van der Waals surface area contributed by atoms with Crippen molar-refractivity contribution in [3.63, 3.8) is 0 Å². The molecule has 4 nitrogen and oxygen atoms in total. The highest BCUT2D eigenvalue weighted by Crippen LogP contribution is 2.24. The zero-order valence-electron chi connectivity index (χ0n) is 11.6. The summed E-state index contributed by atoms with van der Waals surface area (Å²) >= 11 is 0. The number of rotatable bonds is 5. The van der Waals surface area contributed by atoms with Crippen LogP contribution in [0.3, 0.4) is 0 Å². The van der Waals surface area contributed by atoms with Gasteiger partial charge in [0.05, 0.1) is 10.6 Å². The predicted molar refractivity (Wildman–Crippen MR) is 81.2 cm³/mol. The Morgan fingerprint density at radius 3 is 2.25 bits per heavy atom. The first-order valence-corrected chi connectivity index (χ1v) is 7.78. The van der Waals surface area contributed by atoms with E-state index < -0.39 is 10.0 Å². The molecular formula is C15H18N2O2S. The fraction of sp³-hybridized carbons (Fsp3) is 0.200. The smallest absolute Gasteiger partial charge is 0.264 e. The van der Waals surface area contributed by atoms with Crippen LogP contribution in [-0.2, 0) is 16.6 Å². The first kappa shape index (κ1) is 14.6. The predicted octanol–water partition coefficient (Wildman–Crippen LogP) is 2.23. The van der Waals surface area contributed by atoms with E-state index in [9.17, 15) is 8.42 Å². The van der Waals surface area contributed by atoms with Crippen LogP contribution < -0.4 is 9.62 Å². The standard InChI is InChI=1S/C15H18N2O2S/c1-16-12-13-8-6-7-11-15(13)20(18,19)17(2)14-9-4-3-5-10-14/h3-11,16H,12H2,1-2H3. The molecule has 0 heterocycles. The van der Waals surface area contributed by atoms with Crippen LogP contribution in [0.5, 0.6) is 0 Å². The maximum Gasteiger partial charge on any atom is 0.264 e. The first-order chi connectivity index (χ1) is 9.57. The van der Waals surface area contributed by atoms with Crippen molar-refractivity contribution in [3.05, 3.63) is 60.2 Å². The van der Waals surface area contributed by atoms with Crippen molar-refractivity contribution in [2.24, 2.45) is 0 Å². The number of benzene rings is 2. The molecule has 0 radical (unpaired) electrons. The number of hydrogen-bond donors (Lipinski definition) is 1. The Kier molecular flexibility index (Phi) is 4.42. The normalized spacial score (nSPS) is 11.3. The van der Waals surface area contributed by atoms with Crippen molar-refractivity contribution in [2.45, 2.75) is 11.4 Å². The average molecular weight is 290 g/mol. The molecule has 0 fully saturated rings. The van der Waals surface area contributed by atoms with Gasteiger partial charge in [-0.2, -0.15) is 0 Å². The number of hydrogen-bond acceptors (Lipinski definition) is 3. The lowest BCUT2D eigenvalue weighted by molar-refractivity contribution is 0.592. The molecule has 0 bridgehead atoms. The topological polar surface area (TPSA) is 49.4 Å². The molecule has 0 atom stereocenters. The van der Waals surface area contributed by atoms with Crippen LogP contribution in [0, 0.1) is 0 Å².